The molecule has 1 unspecified atom stereocenters. The normalized spacial score (nSPS) is 15.6. The van der Waals surface area contributed by atoms with Crippen molar-refractivity contribution in [2.75, 3.05) is 0 Å². The minimum absolute atomic E-state index is 0.233. The Kier molecular flexibility index (Phi) is 8.83. The molecule has 188 valence electrons. The molecule has 0 aromatic heterocycles. The Morgan fingerprint density at radius 3 is 2.17 bits per heavy atom. The number of carboxylic acid groups (broad SMARTS) is 1. The van der Waals surface area contributed by atoms with Gasteiger partial charge >= 0.3 is 5.97 Å². The molecular formula is C28H27Cl2NO4S. The van der Waals surface area contributed by atoms with Gasteiger partial charge in [-0.25, -0.2) is 4.79 Å². The molecule has 1 aliphatic rings. The maximum atomic E-state index is 13.5. The number of rotatable bonds is 9. The van der Waals surface area contributed by atoms with Crippen molar-refractivity contribution < 1.29 is 19.4 Å². The van der Waals surface area contributed by atoms with E-state index in [0.717, 1.165) is 35.3 Å². The van der Waals surface area contributed by atoms with E-state index in [4.69, 9.17) is 27.9 Å². The summed E-state index contributed by atoms with van der Waals surface area (Å²) in [5, 5.41) is 13.3. The fourth-order valence-corrected chi connectivity index (χ4v) is 5.86. The second kappa shape index (κ2) is 12.0. The topological polar surface area (TPSA) is 75.6 Å². The lowest BCUT2D eigenvalue weighted by Gasteiger charge is -2.35. The number of thioether (sulfide) groups is 1. The Labute approximate surface area is 225 Å². The third kappa shape index (κ3) is 6.36. The second-order valence-corrected chi connectivity index (χ2v) is 10.8. The van der Waals surface area contributed by atoms with Crippen molar-refractivity contribution in [2.45, 2.75) is 54.4 Å². The Balaban J connectivity index is 1.49. The quantitative estimate of drug-likeness (QED) is 0.276. The van der Waals surface area contributed by atoms with Crippen LogP contribution in [0.2, 0.25) is 10.0 Å². The van der Waals surface area contributed by atoms with Gasteiger partial charge in [-0.3, -0.25) is 4.79 Å². The highest BCUT2D eigenvalue weighted by Crippen LogP contribution is 2.38. The molecule has 0 spiro atoms. The van der Waals surface area contributed by atoms with Crippen molar-refractivity contribution in [3.8, 4) is 5.75 Å². The van der Waals surface area contributed by atoms with Gasteiger partial charge in [-0.1, -0.05) is 78.9 Å². The van der Waals surface area contributed by atoms with E-state index in [-0.39, 0.29) is 12.5 Å². The van der Waals surface area contributed by atoms with Crippen molar-refractivity contribution in [2.24, 2.45) is 0 Å². The summed E-state index contributed by atoms with van der Waals surface area (Å²) in [7, 11) is 0. The summed E-state index contributed by atoms with van der Waals surface area (Å²) in [6, 6.07) is 22.1. The summed E-state index contributed by atoms with van der Waals surface area (Å²) < 4.78 is 5.86. The Morgan fingerprint density at radius 2 is 1.56 bits per heavy atom. The van der Waals surface area contributed by atoms with Crippen LogP contribution in [0.1, 0.15) is 48.5 Å². The van der Waals surface area contributed by atoms with Crippen molar-refractivity contribution in [1.82, 2.24) is 5.32 Å². The number of benzene rings is 3. The maximum Gasteiger partial charge on any atom is 0.329 e. The fraction of sp³-hybridized carbons (Fsp3) is 0.286. The van der Waals surface area contributed by atoms with Crippen LogP contribution in [0.5, 0.6) is 5.75 Å². The zero-order chi connectivity index (χ0) is 25.5. The van der Waals surface area contributed by atoms with Gasteiger partial charge in [-0.05, 0) is 54.8 Å². The fourth-order valence-electron chi connectivity index (χ4n) is 4.33. The Morgan fingerprint density at radius 1 is 0.917 bits per heavy atom. The van der Waals surface area contributed by atoms with Gasteiger partial charge in [0.05, 0.1) is 0 Å². The van der Waals surface area contributed by atoms with E-state index in [1.807, 2.05) is 54.6 Å². The number of aliphatic carboxylic acids is 1. The Hall–Kier alpha value is -2.67. The number of carbonyl (C=O) groups excluding carboxylic acids is 1. The highest BCUT2D eigenvalue weighted by Gasteiger charge is 2.42. The van der Waals surface area contributed by atoms with Gasteiger partial charge in [0.15, 0.2) is 0 Å². The van der Waals surface area contributed by atoms with E-state index in [9.17, 15) is 14.7 Å². The molecule has 0 bridgehead atoms. The zero-order valence-electron chi connectivity index (χ0n) is 19.6. The molecule has 8 heteroatoms. The van der Waals surface area contributed by atoms with Crippen LogP contribution < -0.4 is 10.1 Å². The van der Waals surface area contributed by atoms with E-state index in [2.05, 4.69) is 5.32 Å². The van der Waals surface area contributed by atoms with E-state index < -0.39 is 16.8 Å². The molecule has 1 aliphatic carbocycles. The van der Waals surface area contributed by atoms with E-state index >= 15 is 0 Å². The third-order valence-corrected chi connectivity index (χ3v) is 8.32. The molecule has 36 heavy (non-hydrogen) atoms. The molecule has 3 aromatic rings. The number of carbonyl (C=O) groups is 2. The Bertz CT molecular complexity index is 1180. The van der Waals surface area contributed by atoms with Crippen molar-refractivity contribution in [3.05, 3.63) is 94.0 Å². The predicted molar refractivity (Wildman–Crippen MR) is 144 cm³/mol. The standard InChI is InChI=1S/C28H27Cl2NO4S/c29-23-10-7-11-24(30)22(23)18-35-20-12-14-21(15-13-20)36-25(19-8-3-1-4-9-19)26(32)31-28(27(33)34)16-5-2-6-17-28/h1,3-4,7-15,25H,2,5-6,16-18H2,(H,31,32)(H,33,34). The molecule has 2 N–H and O–H groups in total. The SMILES string of the molecule is O=C(NC1(C(=O)O)CCCCC1)C(Sc1ccc(OCc2c(Cl)cccc2Cl)cc1)c1ccccc1. The summed E-state index contributed by atoms with van der Waals surface area (Å²) in [6.07, 6.45) is 3.45. The van der Waals surface area contributed by atoms with Crippen molar-refractivity contribution >= 4 is 46.8 Å². The van der Waals surface area contributed by atoms with Crippen molar-refractivity contribution in [3.63, 3.8) is 0 Å². The first-order valence-corrected chi connectivity index (χ1v) is 13.4. The van der Waals surface area contributed by atoms with Crippen LogP contribution in [0.4, 0.5) is 0 Å². The zero-order valence-corrected chi connectivity index (χ0v) is 21.9. The lowest BCUT2D eigenvalue weighted by molar-refractivity contribution is -0.149. The van der Waals surface area contributed by atoms with Gasteiger partial charge in [-0.15, -0.1) is 11.8 Å². The number of ether oxygens (including phenoxy) is 1. The summed E-state index contributed by atoms with van der Waals surface area (Å²) in [5.74, 6) is -0.625. The van der Waals surface area contributed by atoms with Crippen LogP contribution in [0.3, 0.4) is 0 Å². The maximum absolute atomic E-state index is 13.5. The third-order valence-electron chi connectivity index (χ3n) is 6.34. The lowest BCUT2D eigenvalue weighted by atomic mass is 9.81. The number of carboxylic acids is 1. The first kappa shape index (κ1) is 26.4. The molecule has 5 nitrogen and oxygen atoms in total. The largest absolute Gasteiger partial charge is 0.489 e. The van der Waals surface area contributed by atoms with Crippen LogP contribution >= 0.6 is 35.0 Å². The number of hydrogen-bond donors (Lipinski definition) is 2. The minimum atomic E-state index is -1.21. The molecule has 1 saturated carbocycles. The van der Waals surface area contributed by atoms with Gasteiger partial charge in [0.25, 0.3) is 0 Å². The van der Waals surface area contributed by atoms with Crippen LogP contribution in [-0.4, -0.2) is 22.5 Å². The van der Waals surface area contributed by atoms with E-state index in [1.54, 1.807) is 18.2 Å². The van der Waals surface area contributed by atoms with Crippen LogP contribution in [0.15, 0.2) is 77.7 Å². The first-order valence-electron chi connectivity index (χ1n) is 11.8. The number of halogens is 2. The van der Waals surface area contributed by atoms with Gasteiger partial charge < -0.3 is 15.2 Å². The summed E-state index contributed by atoms with van der Waals surface area (Å²) in [6.45, 7) is 0.233. The van der Waals surface area contributed by atoms with Crippen LogP contribution in [0, 0.1) is 0 Å². The van der Waals surface area contributed by atoms with Gasteiger partial charge in [0.1, 0.15) is 23.1 Å². The van der Waals surface area contributed by atoms with Gasteiger partial charge in [0.2, 0.25) is 5.91 Å². The van der Waals surface area contributed by atoms with Crippen LogP contribution in [-0.2, 0) is 16.2 Å². The highest BCUT2D eigenvalue weighted by atomic mass is 35.5. The highest BCUT2D eigenvalue weighted by molar-refractivity contribution is 8.00. The molecule has 3 aromatic carbocycles. The summed E-state index contributed by atoms with van der Waals surface area (Å²) in [5.41, 5.74) is 0.320. The van der Waals surface area contributed by atoms with E-state index in [1.165, 1.54) is 11.8 Å². The lowest BCUT2D eigenvalue weighted by Crippen LogP contribution is -2.56. The van der Waals surface area contributed by atoms with Crippen molar-refractivity contribution in [1.29, 1.82) is 0 Å². The number of amides is 1. The molecule has 0 heterocycles. The van der Waals surface area contributed by atoms with Crippen LogP contribution in [0.25, 0.3) is 0 Å². The molecule has 1 amide bonds. The number of hydrogen-bond acceptors (Lipinski definition) is 4. The van der Waals surface area contributed by atoms with E-state index in [0.29, 0.717) is 28.6 Å². The molecular weight excluding hydrogens is 517 g/mol. The summed E-state index contributed by atoms with van der Waals surface area (Å²) in [4.78, 5) is 26.4. The van der Waals surface area contributed by atoms with Gasteiger partial charge in [-0.2, -0.15) is 0 Å². The molecule has 0 aliphatic heterocycles. The minimum Gasteiger partial charge on any atom is -0.489 e. The smallest absolute Gasteiger partial charge is 0.329 e. The molecule has 1 atom stereocenters. The average molecular weight is 545 g/mol. The monoisotopic (exact) mass is 543 g/mol. The molecule has 1 fully saturated rings. The van der Waals surface area contributed by atoms with Gasteiger partial charge in [0, 0.05) is 20.5 Å². The summed E-state index contributed by atoms with van der Waals surface area (Å²) >= 11 is 13.8. The molecule has 4 rings (SSSR count). The second-order valence-electron chi connectivity index (χ2n) is 8.81. The number of nitrogens with one attached hydrogen (secondary N) is 1. The molecule has 0 saturated heterocycles. The molecule has 0 radical (unpaired) electrons. The average Bonchev–Trinajstić information content (AvgIpc) is 2.88. The first-order chi connectivity index (χ1) is 17.4. The predicted octanol–water partition coefficient (Wildman–Crippen LogP) is 7.31.